The van der Waals surface area contributed by atoms with Crippen LogP contribution in [0.2, 0.25) is 10.0 Å². The van der Waals surface area contributed by atoms with Crippen LogP contribution in [0.1, 0.15) is 50.1 Å². The van der Waals surface area contributed by atoms with Crippen LogP contribution in [0, 0.1) is 5.92 Å². The smallest absolute Gasteiger partial charge is 0.312 e. The van der Waals surface area contributed by atoms with E-state index >= 15 is 0 Å². The number of pyridine rings is 1. The second kappa shape index (κ2) is 10.2. The van der Waals surface area contributed by atoms with Crippen LogP contribution in [0.5, 0.6) is 0 Å². The summed E-state index contributed by atoms with van der Waals surface area (Å²) < 4.78 is 0. The quantitative estimate of drug-likeness (QED) is 0.564. The Balaban J connectivity index is 1.76. The molecule has 0 bridgehead atoms. The molecule has 33 heavy (non-hydrogen) atoms. The lowest BCUT2D eigenvalue weighted by molar-refractivity contribution is -0.144. The van der Waals surface area contributed by atoms with E-state index < -0.39 is 12.4 Å². The lowest BCUT2D eigenvalue weighted by atomic mass is 9.91. The van der Waals surface area contributed by atoms with Crippen LogP contribution >= 0.6 is 23.2 Å². The summed E-state index contributed by atoms with van der Waals surface area (Å²) in [5, 5.41) is 10.3. The van der Waals surface area contributed by atoms with Gasteiger partial charge in [0.25, 0.3) is 0 Å². The number of carbonyl (C=O) groups excluding carboxylic acids is 1. The van der Waals surface area contributed by atoms with Crippen LogP contribution in [0.3, 0.4) is 0 Å². The molecule has 2 atom stereocenters. The van der Waals surface area contributed by atoms with E-state index in [1.165, 1.54) is 12.8 Å². The van der Waals surface area contributed by atoms with E-state index in [1.54, 1.807) is 17.2 Å². The van der Waals surface area contributed by atoms with Crippen molar-refractivity contribution in [2.24, 2.45) is 5.92 Å². The number of carboxylic acid groups (broad SMARTS) is 1. The molecule has 4 rings (SSSR count). The van der Waals surface area contributed by atoms with Crippen molar-refractivity contribution in [2.75, 3.05) is 23.7 Å². The van der Waals surface area contributed by atoms with Gasteiger partial charge in [-0.3, -0.25) is 9.59 Å². The van der Waals surface area contributed by atoms with Crippen LogP contribution in [0.4, 0.5) is 11.5 Å². The zero-order chi connectivity index (χ0) is 23.5. The SMILES string of the molecule is Nc1cc(Cl)cnc1N1C(CC2CCCC2)CN(C(=O)CC(=O)O)CC1c1ccc(Cl)cc1. The number of nitrogen functional groups attached to an aromatic ring is 1. The van der Waals surface area contributed by atoms with Crippen molar-refractivity contribution < 1.29 is 14.7 Å². The zero-order valence-corrected chi connectivity index (χ0v) is 19.8. The van der Waals surface area contributed by atoms with Gasteiger partial charge in [0.2, 0.25) is 5.91 Å². The Hall–Kier alpha value is -2.51. The van der Waals surface area contributed by atoms with Gasteiger partial charge in [0.05, 0.1) is 16.8 Å². The lowest BCUT2D eigenvalue weighted by Crippen LogP contribution is -2.57. The van der Waals surface area contributed by atoms with E-state index in [9.17, 15) is 14.7 Å². The summed E-state index contributed by atoms with van der Waals surface area (Å²) in [5.41, 5.74) is 7.81. The van der Waals surface area contributed by atoms with Gasteiger partial charge in [-0.05, 0) is 36.1 Å². The Morgan fingerprint density at radius 3 is 2.42 bits per heavy atom. The Bertz CT molecular complexity index is 1010. The molecule has 1 saturated heterocycles. The van der Waals surface area contributed by atoms with E-state index in [0.717, 1.165) is 24.8 Å². The van der Waals surface area contributed by atoms with Crippen molar-refractivity contribution in [2.45, 2.75) is 50.6 Å². The highest BCUT2D eigenvalue weighted by Gasteiger charge is 2.40. The summed E-state index contributed by atoms with van der Waals surface area (Å²) in [7, 11) is 0. The molecule has 2 aliphatic rings. The summed E-state index contributed by atoms with van der Waals surface area (Å²) in [5.74, 6) is -0.324. The van der Waals surface area contributed by atoms with Crippen LogP contribution in [-0.2, 0) is 9.59 Å². The number of rotatable bonds is 6. The molecule has 176 valence electrons. The van der Waals surface area contributed by atoms with Gasteiger partial charge >= 0.3 is 5.97 Å². The summed E-state index contributed by atoms with van der Waals surface area (Å²) >= 11 is 12.3. The van der Waals surface area contributed by atoms with Crippen molar-refractivity contribution in [3.8, 4) is 0 Å². The minimum absolute atomic E-state index is 0.0590. The van der Waals surface area contributed by atoms with E-state index in [4.69, 9.17) is 28.9 Å². The maximum atomic E-state index is 12.8. The minimum atomic E-state index is -1.12. The highest BCUT2D eigenvalue weighted by molar-refractivity contribution is 6.31. The average Bonchev–Trinajstić information content (AvgIpc) is 3.27. The maximum Gasteiger partial charge on any atom is 0.312 e. The monoisotopic (exact) mass is 490 g/mol. The number of amides is 1. The number of aromatic nitrogens is 1. The number of hydrogen-bond donors (Lipinski definition) is 2. The first-order valence-corrected chi connectivity index (χ1v) is 12.0. The van der Waals surface area contributed by atoms with Crippen LogP contribution < -0.4 is 10.6 Å². The number of hydrogen-bond acceptors (Lipinski definition) is 5. The van der Waals surface area contributed by atoms with Crippen molar-refractivity contribution in [3.05, 3.63) is 52.1 Å². The van der Waals surface area contributed by atoms with Crippen LogP contribution in [0.25, 0.3) is 0 Å². The molecule has 2 heterocycles. The molecule has 3 N–H and O–H groups in total. The molecule has 7 nitrogen and oxygen atoms in total. The van der Waals surface area contributed by atoms with E-state index in [-0.39, 0.29) is 18.0 Å². The van der Waals surface area contributed by atoms with Crippen LogP contribution in [0.15, 0.2) is 36.5 Å². The van der Waals surface area contributed by atoms with Gasteiger partial charge in [-0.25, -0.2) is 4.98 Å². The fraction of sp³-hybridized carbons (Fsp3) is 0.458. The van der Waals surface area contributed by atoms with Gasteiger partial charge < -0.3 is 20.6 Å². The van der Waals surface area contributed by atoms with Crippen molar-refractivity contribution >= 4 is 46.6 Å². The highest BCUT2D eigenvalue weighted by atomic mass is 35.5. The first kappa shape index (κ1) is 23.6. The third-order valence-corrected chi connectivity index (χ3v) is 7.11. The van der Waals surface area contributed by atoms with Gasteiger partial charge in [-0.2, -0.15) is 0 Å². The van der Waals surface area contributed by atoms with E-state index in [1.807, 2.05) is 24.3 Å². The zero-order valence-electron chi connectivity index (χ0n) is 18.3. The Morgan fingerprint density at radius 1 is 1.09 bits per heavy atom. The average molecular weight is 491 g/mol. The number of carboxylic acids is 1. The fourth-order valence-corrected chi connectivity index (χ4v) is 5.46. The number of benzene rings is 1. The van der Waals surface area contributed by atoms with Crippen LogP contribution in [-0.4, -0.2) is 46.0 Å². The van der Waals surface area contributed by atoms with Gasteiger partial charge in [-0.15, -0.1) is 0 Å². The van der Waals surface area contributed by atoms with Gasteiger partial charge in [-0.1, -0.05) is 61.0 Å². The molecule has 2 fully saturated rings. The molecule has 2 aromatic rings. The second-order valence-corrected chi connectivity index (χ2v) is 9.82. The molecule has 1 amide bonds. The third-order valence-electron chi connectivity index (χ3n) is 6.65. The number of anilines is 2. The Morgan fingerprint density at radius 2 is 1.79 bits per heavy atom. The number of piperazine rings is 1. The minimum Gasteiger partial charge on any atom is -0.481 e. The molecule has 1 saturated carbocycles. The predicted octanol–water partition coefficient (Wildman–Crippen LogP) is 4.78. The first-order valence-electron chi connectivity index (χ1n) is 11.3. The maximum absolute atomic E-state index is 12.8. The topological polar surface area (TPSA) is 99.8 Å². The molecule has 0 spiro atoms. The van der Waals surface area contributed by atoms with Gasteiger partial charge in [0.1, 0.15) is 6.42 Å². The van der Waals surface area contributed by atoms with E-state index in [2.05, 4.69) is 9.88 Å². The normalized spacial score (nSPS) is 21.4. The fourth-order valence-electron chi connectivity index (χ4n) is 5.17. The predicted molar refractivity (Wildman–Crippen MR) is 130 cm³/mol. The molecule has 0 radical (unpaired) electrons. The van der Waals surface area contributed by atoms with Crippen molar-refractivity contribution in [1.82, 2.24) is 9.88 Å². The first-order chi connectivity index (χ1) is 15.8. The summed E-state index contributed by atoms with van der Waals surface area (Å²) in [6.07, 6.45) is 6.67. The van der Waals surface area contributed by atoms with Gasteiger partial charge in [0.15, 0.2) is 5.82 Å². The molecule has 9 heteroatoms. The largest absolute Gasteiger partial charge is 0.481 e. The van der Waals surface area contributed by atoms with Gasteiger partial charge in [0, 0.05) is 30.4 Å². The number of nitrogens with two attached hydrogens (primary N) is 1. The molecule has 1 aromatic carbocycles. The number of carbonyl (C=O) groups is 2. The van der Waals surface area contributed by atoms with Crippen molar-refractivity contribution in [1.29, 1.82) is 0 Å². The molecular formula is C24H28Cl2N4O3. The summed E-state index contributed by atoms with van der Waals surface area (Å²) in [6, 6.07) is 8.88. The highest BCUT2D eigenvalue weighted by Crippen LogP contribution is 2.40. The Kier molecular flexibility index (Phi) is 7.29. The molecular weight excluding hydrogens is 463 g/mol. The van der Waals surface area contributed by atoms with Crippen molar-refractivity contribution in [3.63, 3.8) is 0 Å². The standard InChI is InChI=1S/C24H28Cl2N4O3/c25-17-7-5-16(6-8-17)21-14-29(22(31)11-23(32)33)13-19(9-15-3-1-2-4-15)30(21)24-20(27)10-18(26)12-28-24/h5-8,10,12,15,19,21H,1-4,9,11,13-14,27H2,(H,32,33). The number of halogens is 2. The second-order valence-electron chi connectivity index (χ2n) is 8.95. The summed E-state index contributed by atoms with van der Waals surface area (Å²) in [4.78, 5) is 32.5. The molecule has 1 aromatic heterocycles. The molecule has 2 unspecified atom stereocenters. The molecule has 1 aliphatic carbocycles. The third kappa shape index (κ3) is 5.53. The summed E-state index contributed by atoms with van der Waals surface area (Å²) in [6.45, 7) is 0.759. The lowest BCUT2D eigenvalue weighted by Gasteiger charge is -2.48. The Labute approximate surface area is 203 Å². The number of aliphatic carboxylic acids is 1. The van der Waals surface area contributed by atoms with E-state index in [0.29, 0.717) is 40.6 Å². The molecule has 1 aliphatic heterocycles. The number of nitrogens with zero attached hydrogens (tertiary/aromatic N) is 3.